The van der Waals surface area contributed by atoms with Crippen LogP contribution in [0.5, 0.6) is 0 Å². The van der Waals surface area contributed by atoms with E-state index < -0.39 is 60.3 Å². The van der Waals surface area contributed by atoms with Crippen molar-refractivity contribution < 1.29 is 57.4 Å². The number of likely N-dealkylation sites (tertiary alicyclic amines) is 3. The second kappa shape index (κ2) is 41.7. The van der Waals surface area contributed by atoms with Crippen molar-refractivity contribution in [3.05, 3.63) is 221 Å². The molecule has 8 atom stereocenters. The normalized spacial score (nSPS) is 19.4. The maximum absolute atomic E-state index is 13.8. The van der Waals surface area contributed by atoms with Crippen LogP contribution in [0.1, 0.15) is 122 Å². The lowest BCUT2D eigenvalue weighted by atomic mass is 9.84. The van der Waals surface area contributed by atoms with Gasteiger partial charge in [-0.3, -0.25) is 43.3 Å². The Morgan fingerprint density at radius 1 is 0.476 bits per heavy atom. The van der Waals surface area contributed by atoms with Crippen LogP contribution in [0.2, 0.25) is 0 Å². The number of aromatic nitrogens is 8. The zero-order valence-electron chi connectivity index (χ0n) is 70.1. The molecule has 6 aliphatic heterocycles. The number of carbonyl (C=O) groups is 10. The van der Waals surface area contributed by atoms with Crippen molar-refractivity contribution in [1.82, 2.24) is 95.5 Å². The first-order valence-corrected chi connectivity index (χ1v) is 42.8. The number of nitrogens with one attached hydrogen (secondary N) is 5. The summed E-state index contributed by atoms with van der Waals surface area (Å²) in [5, 5.41) is 29.6. The number of fused-ring (bicyclic) bond motifs is 3. The standard InChI is InChI=1S/C32H35N7O4.C30H37N7O5.C29H37N7O3/c1-37-28-13-12-23(16-26(28)35-36-37)18-34-30(40)29-20-38(32(42)43-21-22-8-4-2-5-9-22)14-15-39(29)31(41)27-17-25(19-33-27)24-10-6-3-7-11-24;31-24(8-9-27(38)35-12-4-5-13-35)29(40)37-15-14-36(30(41)42-20-21-6-2-1-3-7-21)19-26(37)28(39)33-18-23-16-22-17-32-11-10-25(22)34-23;1-34-25-11-9-20(17-24(25)32-33-34)19-31-28(38)26-18-22(21-7-3-2-4-8-21)13-16-36(26)29(39)23(30)10-12-27(37)35-14-5-6-15-35/h2-13,16,25,27,29,33H,14-15,17-21H2,1H3,(H,34,40);1-3,6-7,10-11,16-17,24,26,34H,4-5,8-9,12-15,18-20,31H2,(H,33,39);2-4,7-9,11,17,22-23,26H,5-6,10,12-16,18-19,30H2,1H3,(H,31,38). The van der Waals surface area contributed by atoms with E-state index in [4.69, 9.17) is 20.9 Å². The predicted molar refractivity (Wildman–Crippen MR) is 462 cm³/mol. The summed E-state index contributed by atoms with van der Waals surface area (Å²) in [6.45, 7) is 5.97. The van der Waals surface area contributed by atoms with Gasteiger partial charge in [-0.15, -0.1) is 10.2 Å². The van der Waals surface area contributed by atoms with E-state index in [0.717, 1.165) is 125 Å². The predicted octanol–water partition coefficient (Wildman–Crippen LogP) is 6.43. The maximum Gasteiger partial charge on any atom is 0.410 e. The third-order valence-corrected chi connectivity index (χ3v) is 24.1. The number of rotatable bonds is 24. The van der Waals surface area contributed by atoms with E-state index in [2.05, 4.69) is 76.1 Å². The summed E-state index contributed by atoms with van der Waals surface area (Å²) < 4.78 is 14.4. The van der Waals surface area contributed by atoms with Crippen molar-refractivity contribution in [2.24, 2.45) is 25.6 Å². The van der Waals surface area contributed by atoms with Crippen LogP contribution in [-0.4, -0.2) is 248 Å². The molecule has 9 N–H and O–H groups in total. The number of hydrogen-bond donors (Lipinski definition) is 7. The number of aromatic amines is 1. The average molecular weight is 1690 g/mol. The van der Waals surface area contributed by atoms with Crippen LogP contribution in [0.4, 0.5) is 9.59 Å². The molecule has 6 saturated heterocycles. The monoisotopic (exact) mass is 1690 g/mol. The summed E-state index contributed by atoms with van der Waals surface area (Å²) >= 11 is 0. The fourth-order valence-electron chi connectivity index (χ4n) is 17.0. The minimum Gasteiger partial charge on any atom is -0.445 e. The number of benzene rings is 6. The number of amides is 10. The summed E-state index contributed by atoms with van der Waals surface area (Å²) in [5.41, 5.74) is 23.4. The SMILES string of the molecule is Cn1nnc2cc(CNC(=O)C3CC(c4ccccc4)CCN3C(=O)C(N)CCC(=O)N3CCCC3)ccc21.Cn1nnc2cc(CNC(=O)C3CN(C(=O)OCc4ccccc4)CCN3C(=O)C3CC(c4ccccc4)CN3)ccc21.NC(CCC(=O)N1CCCC1)C(=O)N1CCN(C(=O)OCc2ccccc2)CC1C(=O)NCc1cc2cnccc2[nH]1. The number of hydrogen-bond acceptors (Lipinski definition) is 20. The number of H-pyrrole nitrogens is 1. The van der Waals surface area contributed by atoms with Crippen molar-refractivity contribution in [1.29, 1.82) is 0 Å². The number of aryl methyl sites for hydroxylation is 2. The summed E-state index contributed by atoms with van der Waals surface area (Å²) in [4.78, 5) is 151. The molecule has 4 aromatic heterocycles. The molecule has 6 aliphatic rings. The minimum absolute atomic E-state index is 0.00967. The van der Waals surface area contributed by atoms with Gasteiger partial charge in [0.05, 0.1) is 48.8 Å². The number of piperazine rings is 2. The summed E-state index contributed by atoms with van der Waals surface area (Å²) in [6.07, 6.45) is 9.16. The Balaban J connectivity index is 0.000000152. The van der Waals surface area contributed by atoms with Crippen molar-refractivity contribution in [2.45, 2.75) is 152 Å². The van der Waals surface area contributed by atoms with Gasteiger partial charge in [-0.05, 0) is 139 Å². The molecule has 650 valence electrons. The molecule has 6 fully saturated rings. The highest BCUT2D eigenvalue weighted by atomic mass is 16.6. The molecular weight excluding hydrogens is 1580 g/mol. The van der Waals surface area contributed by atoms with Gasteiger partial charge in [-0.2, -0.15) is 0 Å². The van der Waals surface area contributed by atoms with E-state index in [1.54, 1.807) is 36.5 Å². The molecule has 0 aliphatic carbocycles. The van der Waals surface area contributed by atoms with E-state index in [9.17, 15) is 47.9 Å². The first kappa shape index (κ1) is 87.3. The molecule has 16 rings (SSSR count). The van der Waals surface area contributed by atoms with E-state index in [1.807, 2.05) is 165 Å². The van der Waals surface area contributed by atoms with Gasteiger partial charge in [0, 0.05) is 134 Å². The Bertz CT molecular complexity index is 5320. The number of nitrogens with two attached hydrogens (primary N) is 2. The highest BCUT2D eigenvalue weighted by molar-refractivity contribution is 5.94. The molecule has 10 aromatic rings. The van der Waals surface area contributed by atoms with Gasteiger partial charge in [0.15, 0.2) is 0 Å². The molecule has 6 aromatic carbocycles. The number of piperidine rings is 1. The third-order valence-electron chi connectivity index (χ3n) is 24.1. The lowest BCUT2D eigenvalue weighted by molar-refractivity contribution is -0.145. The first-order chi connectivity index (χ1) is 60.2. The lowest BCUT2D eigenvalue weighted by Gasteiger charge is -2.41. The van der Waals surface area contributed by atoms with Crippen LogP contribution in [-0.2, 0) is 94.8 Å². The minimum atomic E-state index is -0.970. The van der Waals surface area contributed by atoms with Gasteiger partial charge < -0.3 is 81.5 Å². The number of pyridine rings is 1. The van der Waals surface area contributed by atoms with E-state index in [-0.39, 0.29) is 139 Å². The Morgan fingerprint density at radius 3 is 1.44 bits per heavy atom. The van der Waals surface area contributed by atoms with Crippen molar-refractivity contribution in [2.75, 3.05) is 78.5 Å². The van der Waals surface area contributed by atoms with Crippen molar-refractivity contribution in [3.63, 3.8) is 0 Å². The molecule has 33 heteroatoms. The third kappa shape index (κ3) is 22.3. The second-order valence-corrected chi connectivity index (χ2v) is 32.5. The molecule has 33 nitrogen and oxygen atoms in total. The highest BCUT2D eigenvalue weighted by Gasteiger charge is 2.44. The van der Waals surface area contributed by atoms with Gasteiger partial charge >= 0.3 is 12.2 Å². The lowest BCUT2D eigenvalue weighted by Crippen LogP contribution is -2.63. The molecule has 0 radical (unpaired) electrons. The van der Waals surface area contributed by atoms with Crippen LogP contribution in [0.3, 0.4) is 0 Å². The van der Waals surface area contributed by atoms with Crippen LogP contribution in [0.25, 0.3) is 33.0 Å². The van der Waals surface area contributed by atoms with Crippen LogP contribution >= 0.6 is 0 Å². The summed E-state index contributed by atoms with van der Waals surface area (Å²) in [5.74, 6) is -1.34. The molecule has 0 spiro atoms. The molecule has 0 saturated carbocycles. The quantitative estimate of drug-likeness (QED) is 0.0343. The van der Waals surface area contributed by atoms with Gasteiger partial charge in [0.25, 0.3) is 0 Å². The topological polar surface area (TPSA) is 402 Å². The Labute approximate surface area is 718 Å². The summed E-state index contributed by atoms with van der Waals surface area (Å²) in [7, 11) is 3.66. The Hall–Kier alpha value is -13.0. The first-order valence-electron chi connectivity index (χ1n) is 42.8. The molecular formula is C91H109N21O12. The molecule has 10 heterocycles. The molecule has 0 bridgehead atoms. The molecule has 10 amide bonds. The number of nitrogens with zero attached hydrogens (tertiary/aromatic N) is 14. The maximum atomic E-state index is 13.8. The van der Waals surface area contributed by atoms with Crippen LogP contribution < -0.4 is 32.7 Å². The van der Waals surface area contributed by atoms with E-state index in [1.165, 1.54) is 20.3 Å². The largest absolute Gasteiger partial charge is 0.445 e. The van der Waals surface area contributed by atoms with Crippen LogP contribution in [0.15, 0.2) is 182 Å². The van der Waals surface area contributed by atoms with Gasteiger partial charge in [0.2, 0.25) is 47.3 Å². The second-order valence-electron chi connectivity index (χ2n) is 32.5. The van der Waals surface area contributed by atoms with Crippen molar-refractivity contribution in [3.8, 4) is 0 Å². The number of ether oxygens (including phenoxy) is 2. The smallest absolute Gasteiger partial charge is 0.410 e. The van der Waals surface area contributed by atoms with Gasteiger partial charge in [0.1, 0.15) is 42.4 Å². The van der Waals surface area contributed by atoms with E-state index >= 15 is 0 Å². The zero-order valence-corrected chi connectivity index (χ0v) is 70.1. The Kier molecular flexibility index (Phi) is 29.4. The summed E-state index contributed by atoms with van der Waals surface area (Å²) in [6, 6.07) is 49.6. The highest BCUT2D eigenvalue weighted by Crippen LogP contribution is 2.34. The Morgan fingerprint density at radius 2 is 0.935 bits per heavy atom. The van der Waals surface area contributed by atoms with Crippen molar-refractivity contribution >= 4 is 92.4 Å². The van der Waals surface area contributed by atoms with Gasteiger partial charge in [-0.25, -0.2) is 19.0 Å². The van der Waals surface area contributed by atoms with E-state index in [0.29, 0.717) is 32.5 Å². The molecule has 8 unspecified atom stereocenters. The average Bonchev–Trinajstić information content (AvgIpc) is 1.46. The van der Waals surface area contributed by atoms with Crippen LogP contribution in [0, 0.1) is 0 Å². The molecule has 124 heavy (non-hydrogen) atoms. The fourth-order valence-corrected chi connectivity index (χ4v) is 17.0. The van der Waals surface area contributed by atoms with Gasteiger partial charge in [-0.1, -0.05) is 144 Å². The fraction of sp³-hybridized carbons (Fsp3) is 0.418. The number of carbonyl (C=O) groups excluding carboxylic acids is 10. The zero-order chi connectivity index (χ0) is 86.6.